The molecule has 0 saturated carbocycles. The van der Waals surface area contributed by atoms with Gasteiger partial charge in [0.05, 0.1) is 6.54 Å². The molecule has 5 rings (SSSR count). The molecule has 0 bridgehead atoms. The molecule has 2 aliphatic carbocycles. The van der Waals surface area contributed by atoms with Crippen LogP contribution in [0, 0.1) is 18.3 Å². The molecule has 2 aromatic rings. The Morgan fingerprint density at radius 1 is 0.831 bits per heavy atom. The first kappa shape index (κ1) is 49.3. The molecule has 9 N–H and O–H groups in total. The zero-order valence-electron chi connectivity index (χ0n) is 38.1. The number of aryl methyl sites for hydroxylation is 1. The summed E-state index contributed by atoms with van der Waals surface area (Å²) in [5.74, 6) is -3.05. The maximum atomic E-state index is 14.7. The molecule has 15 nitrogen and oxygen atoms in total. The molecular formula is C50H65N9O6. The minimum Gasteiger partial charge on any atom is -0.371 e. The Kier molecular flexibility index (Phi) is 18.1. The van der Waals surface area contributed by atoms with Gasteiger partial charge in [-0.15, -0.1) is 0 Å². The van der Waals surface area contributed by atoms with E-state index in [2.05, 4.69) is 61.3 Å². The Bertz CT molecular complexity index is 2250. The van der Waals surface area contributed by atoms with E-state index in [4.69, 9.17) is 11.1 Å². The highest BCUT2D eigenvalue weighted by Crippen LogP contribution is 2.38. The second kappa shape index (κ2) is 23.8. The molecule has 1 heterocycles. The first-order valence-corrected chi connectivity index (χ1v) is 22.8. The Morgan fingerprint density at radius 3 is 2.17 bits per heavy atom. The Balaban J connectivity index is 1.42. The van der Waals surface area contributed by atoms with Gasteiger partial charge in [0, 0.05) is 50.5 Å². The summed E-state index contributed by atoms with van der Waals surface area (Å²) in [7, 11) is 0. The number of hydrogen-bond acceptors (Lipinski definition) is 8. The van der Waals surface area contributed by atoms with Crippen LogP contribution in [-0.2, 0) is 35.2 Å². The predicted octanol–water partition coefficient (Wildman–Crippen LogP) is 3.84. The molecule has 5 amide bonds. The van der Waals surface area contributed by atoms with Gasteiger partial charge in [-0.1, -0.05) is 86.3 Å². The molecule has 3 aliphatic rings. The van der Waals surface area contributed by atoms with Crippen molar-refractivity contribution in [1.82, 2.24) is 31.9 Å². The number of Topliss-reactive ketones (excluding diaryl/α,β-unsaturated/α-hetero) is 1. The number of allylic oxidation sites excluding steroid dienone is 5. The smallest absolute Gasteiger partial charge is 0.246 e. The maximum absolute atomic E-state index is 14.7. The quantitative estimate of drug-likeness (QED) is 0.0351. The molecule has 1 saturated heterocycles. The van der Waals surface area contributed by atoms with Gasteiger partial charge >= 0.3 is 0 Å². The zero-order chi connectivity index (χ0) is 46.9. The third-order valence-electron chi connectivity index (χ3n) is 12.2. The average molecular weight is 888 g/mol. The number of para-hydroxylation sites is 1. The Morgan fingerprint density at radius 2 is 1.49 bits per heavy atom. The van der Waals surface area contributed by atoms with E-state index in [-0.39, 0.29) is 62.3 Å². The topological polar surface area (TPSA) is 228 Å². The summed E-state index contributed by atoms with van der Waals surface area (Å²) >= 11 is 0. The van der Waals surface area contributed by atoms with Gasteiger partial charge < -0.3 is 42.5 Å². The van der Waals surface area contributed by atoms with Crippen molar-refractivity contribution in [3.8, 4) is 0 Å². The first-order chi connectivity index (χ1) is 31.2. The maximum Gasteiger partial charge on any atom is 0.246 e. The van der Waals surface area contributed by atoms with Crippen LogP contribution in [0.25, 0.3) is 0 Å². The number of ketones is 1. The molecule has 1 fully saturated rings. The van der Waals surface area contributed by atoms with Gasteiger partial charge in [0.2, 0.25) is 29.5 Å². The van der Waals surface area contributed by atoms with Crippen LogP contribution in [0.15, 0.2) is 101 Å². The van der Waals surface area contributed by atoms with Crippen LogP contribution in [0.4, 0.5) is 5.69 Å². The monoisotopic (exact) mass is 888 g/mol. The molecule has 0 aromatic heterocycles. The fourth-order valence-electron chi connectivity index (χ4n) is 8.50. The van der Waals surface area contributed by atoms with E-state index in [1.54, 1.807) is 0 Å². The van der Waals surface area contributed by atoms with Crippen molar-refractivity contribution >= 4 is 47.0 Å². The van der Waals surface area contributed by atoms with E-state index in [0.717, 1.165) is 46.4 Å². The summed E-state index contributed by atoms with van der Waals surface area (Å²) < 4.78 is 0. The predicted molar refractivity (Wildman–Crippen MR) is 251 cm³/mol. The number of nitrogens with two attached hydrogens (primary N) is 1. The number of unbranched alkanes of at least 4 members (excludes halogenated alkanes) is 1. The zero-order valence-corrected chi connectivity index (χ0v) is 38.1. The van der Waals surface area contributed by atoms with Crippen molar-refractivity contribution in [1.29, 1.82) is 5.41 Å². The van der Waals surface area contributed by atoms with Crippen LogP contribution in [0.1, 0.15) is 89.7 Å². The van der Waals surface area contributed by atoms with Crippen molar-refractivity contribution in [2.24, 2.45) is 11.7 Å². The average Bonchev–Trinajstić information content (AvgIpc) is 3.65. The minimum atomic E-state index is -1.31. The summed E-state index contributed by atoms with van der Waals surface area (Å²) in [5.41, 5.74) is 15.9. The van der Waals surface area contributed by atoms with Crippen LogP contribution in [0.3, 0.4) is 0 Å². The van der Waals surface area contributed by atoms with Crippen LogP contribution >= 0.6 is 0 Å². The molecule has 15 heteroatoms. The van der Waals surface area contributed by atoms with E-state index in [1.165, 1.54) is 6.92 Å². The first-order valence-electron chi connectivity index (χ1n) is 22.8. The lowest BCUT2D eigenvalue weighted by molar-refractivity contribution is -0.138. The van der Waals surface area contributed by atoms with Crippen molar-refractivity contribution in [3.05, 3.63) is 112 Å². The van der Waals surface area contributed by atoms with Gasteiger partial charge in [-0.25, -0.2) is 0 Å². The molecule has 2 aromatic carbocycles. The molecule has 3 unspecified atom stereocenters. The number of rotatable bonds is 23. The number of amides is 5. The number of piperidine rings is 1. The molecule has 0 radical (unpaired) electrons. The largest absolute Gasteiger partial charge is 0.371 e. The lowest BCUT2D eigenvalue weighted by atomic mass is 9.85. The lowest BCUT2D eigenvalue weighted by Gasteiger charge is -2.43. The van der Waals surface area contributed by atoms with E-state index in [0.29, 0.717) is 38.8 Å². The number of benzene rings is 2. The number of hydrogen-bond donors (Lipinski definition) is 8. The van der Waals surface area contributed by atoms with Crippen LogP contribution < -0.4 is 42.5 Å². The number of nitrogens with zero attached hydrogens (tertiary/aromatic N) is 1. The van der Waals surface area contributed by atoms with E-state index >= 15 is 0 Å². The third-order valence-corrected chi connectivity index (χ3v) is 12.2. The summed E-state index contributed by atoms with van der Waals surface area (Å²) in [6, 6.07) is 13.7. The lowest BCUT2D eigenvalue weighted by Crippen LogP contribution is -2.66. The summed E-state index contributed by atoms with van der Waals surface area (Å²) in [4.78, 5) is 85.1. The van der Waals surface area contributed by atoms with Crippen LogP contribution in [0.5, 0.6) is 0 Å². The highest BCUT2D eigenvalue weighted by molar-refractivity contribution is 5.97. The highest BCUT2D eigenvalue weighted by atomic mass is 16.2. The van der Waals surface area contributed by atoms with Gasteiger partial charge in [-0.2, -0.15) is 0 Å². The van der Waals surface area contributed by atoms with Gasteiger partial charge in [0.1, 0.15) is 29.4 Å². The second-order valence-electron chi connectivity index (χ2n) is 17.1. The minimum absolute atomic E-state index is 0.0739. The molecule has 1 aliphatic heterocycles. The van der Waals surface area contributed by atoms with Crippen molar-refractivity contribution in [2.75, 3.05) is 31.1 Å². The summed E-state index contributed by atoms with van der Waals surface area (Å²) in [5, 5.41) is 24.8. The number of nitrogens with one attached hydrogen (secondary N) is 7. The molecular weight excluding hydrogens is 823 g/mol. The molecule has 4 atom stereocenters. The standard InChI is InChI=1S/C50H65N9O6/c1-5-7-23-44(61)58-50(24-27-59(28-25-50)43-22-14-11-16-33(43)3)48(65)57-41(29-35-17-9-8-10-18-35)47(64)55-40(21-15-26-53-49(51)52)46(63)56-42(45(62)54-32-34(4)60)31-37-30-36(6-2)38-19-12-13-20-39(37)38/h8-11,14,16-20,22,30,36,40-42H,5-7,15,21,23-29,31-32H2,1-4H3,(H,54,62)(H,55,64)(H,56,63)(H,57,65)(H,58,61)(H4,51,52,53)/t36?,40?,41?,42-/m0/s1. The van der Waals surface area contributed by atoms with Gasteiger partial charge in [0.15, 0.2) is 5.96 Å². The van der Waals surface area contributed by atoms with Crippen molar-refractivity contribution < 1.29 is 28.8 Å². The molecule has 0 spiro atoms. The number of carbonyl (C=O) groups is 6. The van der Waals surface area contributed by atoms with E-state index in [1.807, 2.05) is 80.6 Å². The van der Waals surface area contributed by atoms with Crippen LogP contribution in [-0.4, -0.2) is 91.1 Å². The van der Waals surface area contributed by atoms with Gasteiger partial charge in [-0.05, 0) is 98.4 Å². The van der Waals surface area contributed by atoms with Gasteiger partial charge in [-0.3, -0.25) is 34.2 Å². The Hall–Kier alpha value is -6.69. The Labute approximate surface area is 382 Å². The van der Waals surface area contributed by atoms with E-state index in [9.17, 15) is 28.8 Å². The molecule has 65 heavy (non-hydrogen) atoms. The van der Waals surface area contributed by atoms with Gasteiger partial charge in [0.25, 0.3) is 0 Å². The highest BCUT2D eigenvalue weighted by Gasteiger charge is 2.44. The molecule has 346 valence electrons. The fourth-order valence-corrected chi connectivity index (χ4v) is 8.50. The number of carbonyl (C=O) groups excluding carboxylic acids is 6. The third kappa shape index (κ3) is 13.9. The summed E-state index contributed by atoms with van der Waals surface area (Å²) in [6.45, 7) is 8.39. The van der Waals surface area contributed by atoms with Crippen molar-refractivity contribution in [2.45, 2.75) is 116 Å². The number of guanidine groups is 1. The SMILES string of the molecule is CCCCC(=O)NC1(C(=O)NC(Cc2ccccc2)C(=O)NC(CCCNC(=N)N)C(=O)N[C@@H](CC2=CC(CC)C3=C2C=C=C=C3)C(=O)NCC(C)=O)CCN(c2ccccc2C)CC1. The van der Waals surface area contributed by atoms with Crippen LogP contribution in [0.2, 0.25) is 0 Å². The summed E-state index contributed by atoms with van der Waals surface area (Å²) in [6.07, 6.45) is 9.41. The fraction of sp³-hybridized carbons (Fsp3) is 0.460. The second-order valence-corrected chi connectivity index (χ2v) is 17.1. The number of anilines is 1. The van der Waals surface area contributed by atoms with E-state index < -0.39 is 47.3 Å². The normalized spacial score (nSPS) is 17.2. The van der Waals surface area contributed by atoms with Crippen molar-refractivity contribution in [3.63, 3.8) is 0 Å².